The maximum Gasteiger partial charge on any atom is 0.279 e. The van der Waals surface area contributed by atoms with Crippen LogP contribution in [-0.4, -0.2) is 11.0 Å². The number of benzene rings is 1. The third-order valence-corrected chi connectivity index (χ3v) is 2.76. The zero-order valence-corrected chi connectivity index (χ0v) is 7.30. The van der Waals surface area contributed by atoms with Crippen LogP contribution in [0.15, 0.2) is 30.3 Å². The summed E-state index contributed by atoms with van der Waals surface area (Å²) < 4.78 is 0. The Labute approximate surface area is 75.4 Å². The summed E-state index contributed by atoms with van der Waals surface area (Å²) in [4.78, 5) is 10.9. The Morgan fingerprint density at radius 1 is 1.33 bits per heavy atom. The molecule has 0 unspecified atom stereocenters. The summed E-state index contributed by atoms with van der Waals surface area (Å²) in [7, 11) is 0. The van der Waals surface area contributed by atoms with E-state index in [-0.39, 0.29) is 11.3 Å². The summed E-state index contributed by atoms with van der Waals surface area (Å²) in [6.07, 6.45) is 0. The molecule has 1 amide bonds. The minimum absolute atomic E-state index is 0.0869. The topological polar surface area (TPSA) is 29.1 Å². The van der Waals surface area contributed by atoms with Gasteiger partial charge < -0.3 is 5.32 Å². The molecule has 0 bridgehead atoms. The number of carbonyl (C=O) groups is 1. The predicted octanol–water partition coefficient (Wildman–Crippen LogP) is 2.18. The highest BCUT2D eigenvalue weighted by Crippen LogP contribution is 2.25. The number of hydrogen-bond acceptors (Lipinski definition) is 2. The van der Waals surface area contributed by atoms with Crippen LogP contribution < -0.4 is 5.32 Å². The van der Waals surface area contributed by atoms with Gasteiger partial charge in [0.2, 0.25) is 0 Å². The van der Waals surface area contributed by atoms with Crippen molar-refractivity contribution in [3.05, 3.63) is 35.9 Å². The molecule has 1 heterocycles. The summed E-state index contributed by atoms with van der Waals surface area (Å²) in [5.41, 5.74) is 1.19. The van der Waals surface area contributed by atoms with Crippen LogP contribution in [-0.2, 0) is 0 Å². The number of carbonyl (C=O) groups excluding carboxylic acids is 1. The van der Waals surface area contributed by atoms with Gasteiger partial charge in [0.25, 0.3) is 5.24 Å². The molecule has 1 aromatic carbocycles. The highest BCUT2D eigenvalue weighted by molar-refractivity contribution is 8.13. The van der Waals surface area contributed by atoms with Crippen molar-refractivity contribution in [2.75, 3.05) is 5.75 Å². The van der Waals surface area contributed by atoms with E-state index >= 15 is 0 Å². The van der Waals surface area contributed by atoms with Gasteiger partial charge in [0.15, 0.2) is 0 Å². The second-order valence-electron chi connectivity index (χ2n) is 2.71. The Morgan fingerprint density at radius 3 is 2.67 bits per heavy atom. The first-order valence-electron chi connectivity index (χ1n) is 3.84. The van der Waals surface area contributed by atoms with E-state index in [1.807, 2.05) is 30.3 Å². The van der Waals surface area contributed by atoms with Gasteiger partial charge in [-0.15, -0.1) is 0 Å². The number of hydrogen-bond donors (Lipinski definition) is 1. The highest BCUT2D eigenvalue weighted by atomic mass is 32.2. The quantitative estimate of drug-likeness (QED) is 0.716. The average molecular weight is 179 g/mol. The maximum atomic E-state index is 10.9. The van der Waals surface area contributed by atoms with Crippen LogP contribution in [0.2, 0.25) is 0 Å². The maximum absolute atomic E-state index is 10.9. The molecule has 1 fully saturated rings. The molecule has 12 heavy (non-hydrogen) atoms. The molecule has 1 saturated heterocycles. The van der Waals surface area contributed by atoms with Crippen molar-refractivity contribution in [2.45, 2.75) is 6.04 Å². The van der Waals surface area contributed by atoms with Crippen molar-refractivity contribution in [1.82, 2.24) is 5.32 Å². The van der Waals surface area contributed by atoms with Crippen LogP contribution in [0.3, 0.4) is 0 Å². The van der Waals surface area contributed by atoms with E-state index in [0.29, 0.717) is 0 Å². The number of nitrogens with one attached hydrogen (secondary N) is 1. The Bertz CT molecular complexity index is 286. The number of rotatable bonds is 1. The lowest BCUT2D eigenvalue weighted by molar-refractivity contribution is 0.260. The lowest BCUT2D eigenvalue weighted by Gasteiger charge is -2.07. The van der Waals surface area contributed by atoms with E-state index in [1.165, 1.54) is 17.3 Å². The predicted molar refractivity (Wildman–Crippen MR) is 50.2 cm³/mol. The van der Waals surface area contributed by atoms with Crippen molar-refractivity contribution in [1.29, 1.82) is 0 Å². The second kappa shape index (κ2) is 3.19. The van der Waals surface area contributed by atoms with E-state index in [0.717, 1.165) is 5.75 Å². The number of amides is 1. The fourth-order valence-electron chi connectivity index (χ4n) is 1.25. The van der Waals surface area contributed by atoms with Crippen LogP contribution >= 0.6 is 11.8 Å². The summed E-state index contributed by atoms with van der Waals surface area (Å²) in [6.45, 7) is 0. The average Bonchev–Trinajstić information content (AvgIpc) is 2.54. The van der Waals surface area contributed by atoms with Gasteiger partial charge in [-0.3, -0.25) is 4.79 Å². The Hall–Kier alpha value is -0.960. The first kappa shape index (κ1) is 7.68. The molecular formula is C9H9NOS. The molecule has 0 aliphatic carbocycles. The van der Waals surface area contributed by atoms with E-state index in [9.17, 15) is 4.79 Å². The van der Waals surface area contributed by atoms with Gasteiger partial charge >= 0.3 is 0 Å². The third-order valence-electron chi connectivity index (χ3n) is 1.88. The standard InChI is InChI=1S/C9H9NOS/c11-9-10-8(6-12-9)7-4-2-1-3-5-7/h1-5,8H,6H2,(H,10,11)/t8-/m1/s1. The Kier molecular flexibility index (Phi) is 2.04. The van der Waals surface area contributed by atoms with Crippen molar-refractivity contribution >= 4 is 17.0 Å². The second-order valence-corrected chi connectivity index (χ2v) is 3.70. The van der Waals surface area contributed by atoms with Gasteiger partial charge in [0.05, 0.1) is 6.04 Å². The minimum atomic E-state index is 0.0869. The molecule has 1 aromatic rings. The summed E-state index contributed by atoms with van der Waals surface area (Å²) in [5.74, 6) is 0.850. The molecule has 1 aliphatic heterocycles. The summed E-state index contributed by atoms with van der Waals surface area (Å²) in [5, 5.41) is 2.98. The van der Waals surface area contributed by atoms with E-state index in [4.69, 9.17) is 0 Å². The molecule has 0 radical (unpaired) electrons. The molecule has 1 N–H and O–H groups in total. The third kappa shape index (κ3) is 1.46. The molecule has 3 heteroatoms. The van der Waals surface area contributed by atoms with E-state index < -0.39 is 0 Å². The van der Waals surface area contributed by atoms with E-state index in [1.54, 1.807) is 0 Å². The van der Waals surface area contributed by atoms with Gasteiger partial charge in [0, 0.05) is 5.75 Å². The molecular weight excluding hydrogens is 170 g/mol. The van der Waals surface area contributed by atoms with Crippen LogP contribution in [0, 0.1) is 0 Å². The normalized spacial score (nSPS) is 22.3. The fourth-order valence-corrected chi connectivity index (χ4v) is 2.07. The van der Waals surface area contributed by atoms with Gasteiger partial charge in [-0.1, -0.05) is 42.1 Å². The largest absolute Gasteiger partial charge is 0.339 e. The smallest absolute Gasteiger partial charge is 0.279 e. The summed E-state index contributed by atoms with van der Waals surface area (Å²) >= 11 is 1.35. The molecule has 0 saturated carbocycles. The zero-order valence-electron chi connectivity index (χ0n) is 6.49. The van der Waals surface area contributed by atoms with Gasteiger partial charge in [-0.05, 0) is 5.56 Å². The molecule has 62 valence electrons. The van der Waals surface area contributed by atoms with Gasteiger partial charge in [-0.25, -0.2) is 0 Å². The van der Waals surface area contributed by atoms with Crippen molar-refractivity contribution in [3.63, 3.8) is 0 Å². The van der Waals surface area contributed by atoms with E-state index in [2.05, 4.69) is 5.32 Å². The van der Waals surface area contributed by atoms with Crippen molar-refractivity contribution in [2.24, 2.45) is 0 Å². The molecule has 0 spiro atoms. The van der Waals surface area contributed by atoms with Crippen molar-refractivity contribution < 1.29 is 4.79 Å². The monoisotopic (exact) mass is 179 g/mol. The summed E-state index contributed by atoms with van der Waals surface area (Å²) in [6, 6.07) is 10.2. The van der Waals surface area contributed by atoms with Crippen LogP contribution in [0.1, 0.15) is 11.6 Å². The fraction of sp³-hybridized carbons (Fsp3) is 0.222. The molecule has 1 aliphatic rings. The zero-order chi connectivity index (χ0) is 8.39. The molecule has 1 atom stereocenters. The lowest BCUT2D eigenvalue weighted by atomic mass is 10.1. The Morgan fingerprint density at radius 2 is 2.08 bits per heavy atom. The first-order chi connectivity index (χ1) is 5.86. The lowest BCUT2D eigenvalue weighted by Crippen LogP contribution is -2.17. The van der Waals surface area contributed by atoms with Crippen LogP contribution in [0.5, 0.6) is 0 Å². The SMILES string of the molecule is O=C1N[C@@H](c2ccccc2)CS1. The highest BCUT2D eigenvalue weighted by Gasteiger charge is 2.22. The van der Waals surface area contributed by atoms with Gasteiger partial charge in [0.1, 0.15) is 0 Å². The number of thioether (sulfide) groups is 1. The van der Waals surface area contributed by atoms with Crippen LogP contribution in [0.4, 0.5) is 4.79 Å². The molecule has 2 rings (SSSR count). The first-order valence-corrected chi connectivity index (χ1v) is 4.83. The molecule has 2 nitrogen and oxygen atoms in total. The Balaban J connectivity index is 2.16. The minimum Gasteiger partial charge on any atom is -0.339 e. The molecule has 0 aromatic heterocycles. The van der Waals surface area contributed by atoms with Gasteiger partial charge in [-0.2, -0.15) is 0 Å². The van der Waals surface area contributed by atoms with Crippen molar-refractivity contribution in [3.8, 4) is 0 Å². The van der Waals surface area contributed by atoms with Crippen LogP contribution in [0.25, 0.3) is 0 Å².